The van der Waals surface area contributed by atoms with Crippen molar-refractivity contribution in [2.75, 3.05) is 34.2 Å². The first-order valence-corrected chi connectivity index (χ1v) is 5.05. The van der Waals surface area contributed by atoms with Gasteiger partial charge in [-0.1, -0.05) is 27.7 Å². The normalized spacial score (nSPS) is 17.0. The molecule has 0 amide bonds. The Balaban J connectivity index is 0. The molecule has 0 radical (unpaired) electrons. The Kier molecular flexibility index (Phi) is 10.8. The Hall–Kier alpha value is -0.0800. The summed E-state index contributed by atoms with van der Waals surface area (Å²) in [6.07, 6.45) is 0. The van der Waals surface area contributed by atoms with Crippen LogP contribution < -0.4 is 0 Å². The van der Waals surface area contributed by atoms with E-state index in [1.165, 1.54) is 13.1 Å². The smallest absolute Gasteiger partial charge is 0.0344 e. The van der Waals surface area contributed by atoms with E-state index in [0.29, 0.717) is 0 Å². The topological polar surface area (TPSA) is 6.48 Å². The fourth-order valence-corrected chi connectivity index (χ4v) is 0.993. The van der Waals surface area contributed by atoms with Crippen LogP contribution in [0, 0.1) is 0 Å². The maximum atomic E-state index is 2.32. The number of likely N-dealkylation sites (tertiary alicyclic amines) is 1. The molecule has 1 rings (SSSR count). The predicted octanol–water partition coefficient (Wildman–Crippen LogP) is 1.91. The molecule has 2 heteroatoms. The molecule has 0 unspecified atom stereocenters. The standard InChI is InChI=1S/C6H14N2.2C2H6/c1-7(2)6-4-8(3)5-6;2*1-2/h6H,4-5H2,1-3H3;2*1-2H3. The first-order valence-electron chi connectivity index (χ1n) is 5.05. The molecule has 2 nitrogen and oxygen atoms in total. The van der Waals surface area contributed by atoms with Gasteiger partial charge < -0.3 is 9.80 Å². The number of hydrogen-bond donors (Lipinski definition) is 0. The van der Waals surface area contributed by atoms with Crippen LogP contribution in [0.2, 0.25) is 0 Å². The van der Waals surface area contributed by atoms with E-state index in [1.807, 2.05) is 27.7 Å². The van der Waals surface area contributed by atoms with E-state index in [0.717, 1.165) is 6.04 Å². The van der Waals surface area contributed by atoms with Crippen LogP contribution in [0.25, 0.3) is 0 Å². The minimum absolute atomic E-state index is 0.819. The van der Waals surface area contributed by atoms with Gasteiger partial charge in [0.25, 0.3) is 0 Å². The lowest BCUT2D eigenvalue weighted by molar-refractivity contribution is 0.0878. The summed E-state index contributed by atoms with van der Waals surface area (Å²) in [5, 5.41) is 0. The van der Waals surface area contributed by atoms with E-state index >= 15 is 0 Å². The first kappa shape index (κ1) is 14.4. The van der Waals surface area contributed by atoms with Gasteiger partial charge in [0, 0.05) is 19.1 Å². The molecule has 1 fully saturated rings. The maximum Gasteiger partial charge on any atom is 0.0344 e. The molecule has 0 aliphatic carbocycles. The van der Waals surface area contributed by atoms with Gasteiger partial charge in [-0.15, -0.1) is 0 Å². The molecule has 0 N–H and O–H groups in total. The predicted molar refractivity (Wildman–Crippen MR) is 57.7 cm³/mol. The van der Waals surface area contributed by atoms with Crippen molar-refractivity contribution in [3.8, 4) is 0 Å². The first-order chi connectivity index (χ1) is 5.70. The second kappa shape index (κ2) is 9.01. The Morgan fingerprint density at radius 1 is 1.00 bits per heavy atom. The lowest BCUT2D eigenvalue weighted by Gasteiger charge is -2.40. The fourth-order valence-electron chi connectivity index (χ4n) is 0.993. The number of nitrogens with zero attached hydrogens (tertiary/aromatic N) is 2. The van der Waals surface area contributed by atoms with Gasteiger partial charge in [-0.25, -0.2) is 0 Å². The van der Waals surface area contributed by atoms with E-state index in [1.54, 1.807) is 0 Å². The summed E-state index contributed by atoms with van der Waals surface area (Å²) in [4.78, 5) is 4.60. The van der Waals surface area contributed by atoms with Crippen LogP contribution >= 0.6 is 0 Å². The van der Waals surface area contributed by atoms with Gasteiger partial charge >= 0.3 is 0 Å². The minimum Gasteiger partial charge on any atom is -0.304 e. The van der Waals surface area contributed by atoms with Crippen molar-refractivity contribution in [3.63, 3.8) is 0 Å². The molecule has 1 heterocycles. The van der Waals surface area contributed by atoms with Gasteiger partial charge in [0.15, 0.2) is 0 Å². The highest BCUT2D eigenvalue weighted by Crippen LogP contribution is 2.07. The molecule has 76 valence electrons. The van der Waals surface area contributed by atoms with Gasteiger partial charge in [-0.2, -0.15) is 0 Å². The molecule has 0 atom stereocenters. The van der Waals surface area contributed by atoms with Crippen LogP contribution in [-0.4, -0.2) is 50.1 Å². The van der Waals surface area contributed by atoms with Gasteiger partial charge in [0.2, 0.25) is 0 Å². The summed E-state index contributed by atoms with van der Waals surface area (Å²) in [5.74, 6) is 0. The summed E-state index contributed by atoms with van der Waals surface area (Å²) in [6, 6.07) is 0.819. The van der Waals surface area contributed by atoms with Crippen LogP contribution in [0.3, 0.4) is 0 Å². The average molecular weight is 174 g/mol. The second-order valence-corrected chi connectivity index (χ2v) is 2.84. The highest BCUT2D eigenvalue weighted by atomic mass is 15.3. The SMILES string of the molecule is CC.CC.CN1CC(N(C)C)C1. The second-order valence-electron chi connectivity index (χ2n) is 2.84. The third-order valence-corrected chi connectivity index (χ3v) is 1.78. The van der Waals surface area contributed by atoms with Crippen molar-refractivity contribution >= 4 is 0 Å². The van der Waals surface area contributed by atoms with Crippen molar-refractivity contribution < 1.29 is 0 Å². The monoisotopic (exact) mass is 174 g/mol. The highest BCUT2D eigenvalue weighted by Gasteiger charge is 2.23. The molecule has 1 aliphatic heterocycles. The molecular formula is C10H26N2. The van der Waals surface area contributed by atoms with E-state index in [2.05, 4.69) is 30.9 Å². The lowest BCUT2D eigenvalue weighted by atomic mass is 10.1. The van der Waals surface area contributed by atoms with Crippen molar-refractivity contribution in [2.24, 2.45) is 0 Å². The van der Waals surface area contributed by atoms with Crippen LogP contribution in [0.15, 0.2) is 0 Å². The zero-order chi connectivity index (χ0) is 10.1. The Morgan fingerprint density at radius 2 is 1.33 bits per heavy atom. The quantitative estimate of drug-likeness (QED) is 0.599. The Bertz CT molecular complexity index is 75.9. The van der Waals surface area contributed by atoms with E-state index in [9.17, 15) is 0 Å². The van der Waals surface area contributed by atoms with Crippen LogP contribution in [-0.2, 0) is 0 Å². The van der Waals surface area contributed by atoms with Gasteiger partial charge in [0.05, 0.1) is 0 Å². The minimum atomic E-state index is 0.819. The van der Waals surface area contributed by atoms with Gasteiger partial charge in [-0.05, 0) is 21.1 Å². The van der Waals surface area contributed by atoms with Gasteiger partial charge in [-0.3, -0.25) is 0 Å². The molecule has 1 aliphatic rings. The van der Waals surface area contributed by atoms with E-state index < -0.39 is 0 Å². The molecule has 0 aromatic rings. The summed E-state index contributed by atoms with van der Waals surface area (Å²) in [5.41, 5.74) is 0. The fraction of sp³-hybridized carbons (Fsp3) is 1.00. The zero-order valence-electron chi connectivity index (χ0n) is 9.89. The van der Waals surface area contributed by atoms with Crippen molar-refractivity contribution in [3.05, 3.63) is 0 Å². The average Bonchev–Trinajstić information content (AvgIpc) is 2.06. The summed E-state index contributed by atoms with van der Waals surface area (Å²) < 4.78 is 0. The molecule has 0 saturated carbocycles. The Morgan fingerprint density at radius 3 is 1.42 bits per heavy atom. The molecule has 0 spiro atoms. The molecule has 1 saturated heterocycles. The third kappa shape index (κ3) is 5.56. The maximum absolute atomic E-state index is 2.32. The lowest BCUT2D eigenvalue weighted by Crippen LogP contribution is -2.55. The summed E-state index contributed by atoms with van der Waals surface area (Å²) in [7, 11) is 6.43. The number of rotatable bonds is 1. The molecule has 0 bridgehead atoms. The van der Waals surface area contributed by atoms with Crippen molar-refractivity contribution in [1.82, 2.24) is 9.80 Å². The van der Waals surface area contributed by atoms with Crippen molar-refractivity contribution in [1.29, 1.82) is 0 Å². The van der Waals surface area contributed by atoms with E-state index in [4.69, 9.17) is 0 Å². The van der Waals surface area contributed by atoms with Crippen molar-refractivity contribution in [2.45, 2.75) is 33.7 Å². The van der Waals surface area contributed by atoms with Crippen LogP contribution in [0.5, 0.6) is 0 Å². The molecule has 0 aromatic carbocycles. The number of hydrogen-bond acceptors (Lipinski definition) is 2. The molecule has 12 heavy (non-hydrogen) atoms. The van der Waals surface area contributed by atoms with E-state index in [-0.39, 0.29) is 0 Å². The van der Waals surface area contributed by atoms with Crippen LogP contribution in [0.4, 0.5) is 0 Å². The molecular weight excluding hydrogens is 148 g/mol. The van der Waals surface area contributed by atoms with Crippen LogP contribution in [0.1, 0.15) is 27.7 Å². The van der Waals surface area contributed by atoms with Gasteiger partial charge in [0.1, 0.15) is 0 Å². The summed E-state index contributed by atoms with van der Waals surface area (Å²) in [6.45, 7) is 10.5. The largest absolute Gasteiger partial charge is 0.304 e. The number of likely N-dealkylation sites (N-methyl/N-ethyl adjacent to an activating group) is 2. The third-order valence-electron chi connectivity index (χ3n) is 1.78. The Labute approximate surface area is 78.5 Å². The molecule has 0 aromatic heterocycles. The summed E-state index contributed by atoms with van der Waals surface area (Å²) >= 11 is 0. The zero-order valence-corrected chi connectivity index (χ0v) is 9.89. The highest BCUT2D eigenvalue weighted by molar-refractivity contribution is 4.82.